The van der Waals surface area contributed by atoms with Crippen LogP contribution in [-0.4, -0.2) is 26.2 Å². The Balaban J connectivity index is 1.90. The van der Waals surface area contributed by atoms with Gasteiger partial charge in [-0.05, 0) is 37.5 Å². The fraction of sp³-hybridized carbons (Fsp3) is 0.636. The molecule has 0 unspecified atom stereocenters. The zero-order valence-corrected chi connectivity index (χ0v) is 16.5. The second kappa shape index (κ2) is 5.58. The highest BCUT2D eigenvalue weighted by molar-refractivity contribution is 5.85. The molecule has 1 fully saturated rings. The van der Waals surface area contributed by atoms with Crippen molar-refractivity contribution in [3.05, 3.63) is 34.4 Å². The van der Waals surface area contributed by atoms with Crippen molar-refractivity contribution in [1.82, 2.24) is 0 Å². The van der Waals surface area contributed by atoms with E-state index >= 15 is 0 Å². The summed E-state index contributed by atoms with van der Waals surface area (Å²) < 4.78 is 10.2. The van der Waals surface area contributed by atoms with Crippen LogP contribution in [0.25, 0.3) is 0 Å². The van der Waals surface area contributed by atoms with E-state index in [9.17, 15) is 9.59 Å². The lowest BCUT2D eigenvalue weighted by molar-refractivity contribution is -0.158. The summed E-state index contributed by atoms with van der Waals surface area (Å²) in [6.45, 7) is 8.96. The molecule has 0 aromatic carbocycles. The van der Waals surface area contributed by atoms with Crippen molar-refractivity contribution in [1.29, 1.82) is 0 Å². The predicted octanol–water partition coefficient (Wildman–Crippen LogP) is 3.69. The number of carbonyl (C=O) groups excluding carboxylic acids is 2. The number of esters is 2. The van der Waals surface area contributed by atoms with Gasteiger partial charge in [0, 0.05) is 11.8 Å². The SMILES string of the molecule is COC(=O)[C@@H]1[C@H](C(=O)OC)[C@H]2C[C@@H]1C1=C2[C@@H]2C=C[C@@H](C2=C(C)C)C1(C)C. The summed E-state index contributed by atoms with van der Waals surface area (Å²) in [4.78, 5) is 25.2. The molecule has 0 N–H and O–H groups in total. The molecule has 0 amide bonds. The van der Waals surface area contributed by atoms with Gasteiger partial charge in [-0.1, -0.05) is 48.3 Å². The molecule has 6 atom stereocenters. The molecular formula is C22H28O4. The molecule has 0 aromatic rings. The third kappa shape index (κ3) is 1.96. The third-order valence-electron chi connectivity index (χ3n) is 7.34. The van der Waals surface area contributed by atoms with Gasteiger partial charge in [0.05, 0.1) is 26.1 Å². The van der Waals surface area contributed by atoms with E-state index in [1.165, 1.54) is 36.5 Å². The van der Waals surface area contributed by atoms with Gasteiger partial charge in [-0.2, -0.15) is 0 Å². The topological polar surface area (TPSA) is 52.6 Å². The average molecular weight is 356 g/mol. The number of rotatable bonds is 2. The Hall–Kier alpha value is -1.84. The summed E-state index contributed by atoms with van der Waals surface area (Å²) in [6.07, 6.45) is 5.52. The molecule has 26 heavy (non-hydrogen) atoms. The molecule has 0 radical (unpaired) electrons. The first-order chi connectivity index (χ1) is 12.3. The van der Waals surface area contributed by atoms with Crippen molar-refractivity contribution < 1.29 is 19.1 Å². The van der Waals surface area contributed by atoms with Gasteiger partial charge in [-0.15, -0.1) is 0 Å². The molecule has 0 aliphatic heterocycles. The Bertz CT molecular complexity index is 778. The van der Waals surface area contributed by atoms with Crippen LogP contribution < -0.4 is 0 Å². The van der Waals surface area contributed by atoms with Gasteiger partial charge in [-0.3, -0.25) is 9.59 Å². The molecule has 4 aliphatic carbocycles. The number of allylic oxidation sites excluding steroid dienone is 6. The van der Waals surface area contributed by atoms with Crippen LogP contribution in [-0.2, 0) is 19.1 Å². The number of hydrogen-bond donors (Lipinski definition) is 0. The Morgan fingerprint density at radius 3 is 2.12 bits per heavy atom. The maximum Gasteiger partial charge on any atom is 0.310 e. The largest absolute Gasteiger partial charge is 0.469 e. The first-order valence-corrected chi connectivity index (χ1v) is 9.51. The number of hydrogen-bond acceptors (Lipinski definition) is 4. The van der Waals surface area contributed by atoms with E-state index in [2.05, 4.69) is 39.8 Å². The maximum absolute atomic E-state index is 12.6. The van der Waals surface area contributed by atoms with Crippen LogP contribution in [0.15, 0.2) is 34.4 Å². The lowest BCUT2D eigenvalue weighted by Gasteiger charge is -2.47. The van der Waals surface area contributed by atoms with Gasteiger partial charge in [0.1, 0.15) is 0 Å². The molecule has 4 aliphatic rings. The summed E-state index contributed by atoms with van der Waals surface area (Å²) in [5.41, 5.74) is 5.60. The molecule has 0 saturated heterocycles. The quantitative estimate of drug-likeness (QED) is 0.559. The van der Waals surface area contributed by atoms with E-state index in [0.717, 1.165) is 6.42 Å². The van der Waals surface area contributed by atoms with Crippen LogP contribution in [0.1, 0.15) is 34.1 Å². The van der Waals surface area contributed by atoms with Crippen LogP contribution >= 0.6 is 0 Å². The maximum atomic E-state index is 12.6. The van der Waals surface area contributed by atoms with Crippen LogP contribution in [0.3, 0.4) is 0 Å². The highest BCUT2D eigenvalue weighted by Gasteiger charge is 2.64. The summed E-state index contributed by atoms with van der Waals surface area (Å²) in [5, 5.41) is 0. The zero-order valence-electron chi connectivity index (χ0n) is 16.5. The molecule has 140 valence electrons. The normalized spacial score (nSPS) is 38.5. The van der Waals surface area contributed by atoms with Crippen molar-refractivity contribution in [2.45, 2.75) is 34.1 Å². The molecule has 4 bridgehead atoms. The van der Waals surface area contributed by atoms with Gasteiger partial charge in [0.25, 0.3) is 0 Å². The smallest absolute Gasteiger partial charge is 0.310 e. The molecule has 4 heteroatoms. The van der Waals surface area contributed by atoms with Gasteiger partial charge in [0.2, 0.25) is 0 Å². The Kier molecular flexibility index (Phi) is 3.77. The van der Waals surface area contributed by atoms with E-state index in [0.29, 0.717) is 5.92 Å². The minimum atomic E-state index is -0.420. The Morgan fingerprint density at radius 1 is 1.00 bits per heavy atom. The van der Waals surface area contributed by atoms with Crippen molar-refractivity contribution in [3.63, 3.8) is 0 Å². The van der Waals surface area contributed by atoms with E-state index in [1.807, 2.05) is 0 Å². The molecular weight excluding hydrogens is 328 g/mol. The Labute approximate surface area is 155 Å². The number of methoxy groups -OCH3 is 2. The fourth-order valence-corrected chi connectivity index (χ4v) is 6.55. The second-order valence-corrected chi connectivity index (χ2v) is 8.93. The van der Waals surface area contributed by atoms with Crippen molar-refractivity contribution in [2.75, 3.05) is 14.2 Å². The summed E-state index contributed by atoms with van der Waals surface area (Å²) in [7, 11) is 2.83. The average Bonchev–Trinajstić information content (AvgIpc) is 3.28. The molecule has 1 saturated carbocycles. The first-order valence-electron chi connectivity index (χ1n) is 9.51. The lowest BCUT2D eigenvalue weighted by Crippen LogP contribution is -2.44. The molecule has 4 rings (SSSR count). The molecule has 0 aromatic heterocycles. The first kappa shape index (κ1) is 17.6. The van der Waals surface area contributed by atoms with Gasteiger partial charge in [0.15, 0.2) is 0 Å². The van der Waals surface area contributed by atoms with E-state index in [1.54, 1.807) is 0 Å². The highest BCUT2D eigenvalue weighted by atomic mass is 16.5. The van der Waals surface area contributed by atoms with Crippen molar-refractivity contribution in [3.8, 4) is 0 Å². The van der Waals surface area contributed by atoms with Gasteiger partial charge in [-0.25, -0.2) is 0 Å². The molecule has 0 spiro atoms. The standard InChI is InChI=1S/C22H28O4/c1-10(2)15-11-7-8-14(15)22(3,4)19-13-9-12(16(11)19)17(20(23)25-5)18(13)21(24)26-6/h7-8,11-14,17-18H,9H2,1-6H3/t11-,12+,13+,14+,17-,18+/m1/s1. The Morgan fingerprint density at radius 2 is 1.58 bits per heavy atom. The van der Waals surface area contributed by atoms with Crippen molar-refractivity contribution in [2.24, 2.45) is 40.9 Å². The van der Waals surface area contributed by atoms with Gasteiger partial charge < -0.3 is 9.47 Å². The fourth-order valence-electron chi connectivity index (χ4n) is 6.55. The van der Waals surface area contributed by atoms with E-state index in [-0.39, 0.29) is 35.1 Å². The molecule has 4 nitrogen and oxygen atoms in total. The minimum Gasteiger partial charge on any atom is -0.469 e. The van der Waals surface area contributed by atoms with E-state index < -0.39 is 11.8 Å². The molecule has 0 heterocycles. The van der Waals surface area contributed by atoms with E-state index in [4.69, 9.17) is 9.47 Å². The summed E-state index contributed by atoms with van der Waals surface area (Å²) in [5.74, 6) is -0.555. The second-order valence-electron chi connectivity index (χ2n) is 8.93. The van der Waals surface area contributed by atoms with Crippen LogP contribution in [0.2, 0.25) is 0 Å². The number of ether oxygens (including phenoxy) is 2. The summed E-state index contributed by atoms with van der Waals surface area (Å²) in [6, 6.07) is 0. The van der Waals surface area contributed by atoms with Crippen molar-refractivity contribution >= 4 is 11.9 Å². The third-order valence-corrected chi connectivity index (χ3v) is 7.34. The van der Waals surface area contributed by atoms with Crippen LogP contribution in [0.4, 0.5) is 0 Å². The van der Waals surface area contributed by atoms with Crippen LogP contribution in [0.5, 0.6) is 0 Å². The predicted molar refractivity (Wildman–Crippen MR) is 97.9 cm³/mol. The number of fused-ring (bicyclic) bond motifs is 7. The minimum absolute atomic E-state index is 0.0434. The zero-order chi connectivity index (χ0) is 19.0. The monoisotopic (exact) mass is 356 g/mol. The highest BCUT2D eigenvalue weighted by Crippen LogP contribution is 2.69. The van der Waals surface area contributed by atoms with Gasteiger partial charge >= 0.3 is 11.9 Å². The summed E-state index contributed by atoms with van der Waals surface area (Å²) >= 11 is 0. The number of carbonyl (C=O) groups is 2. The lowest BCUT2D eigenvalue weighted by atomic mass is 9.56. The van der Waals surface area contributed by atoms with Crippen LogP contribution in [0, 0.1) is 40.9 Å².